The molecular formula is C23H23ClNO3. The fourth-order valence-corrected chi connectivity index (χ4v) is 2.98. The number of halogens is 1. The van der Waals surface area contributed by atoms with Crippen LogP contribution >= 0.6 is 11.6 Å². The van der Waals surface area contributed by atoms with Crippen molar-refractivity contribution >= 4 is 11.6 Å². The Bertz CT molecular complexity index is 958. The third kappa shape index (κ3) is 4.83. The largest absolute Gasteiger partial charge is 0.482 e. The second kappa shape index (κ2) is 9.09. The monoisotopic (exact) mass is 396 g/mol. The summed E-state index contributed by atoms with van der Waals surface area (Å²) in [6.45, 7) is 6.63. The Morgan fingerprint density at radius 2 is 1.86 bits per heavy atom. The molecule has 3 aromatic rings. The normalized spacial score (nSPS) is 12.0. The van der Waals surface area contributed by atoms with Crippen LogP contribution in [0, 0.1) is 13.8 Å². The van der Waals surface area contributed by atoms with E-state index in [1.165, 1.54) is 6.07 Å². The molecule has 0 spiro atoms. The maximum atomic E-state index is 11.6. The molecule has 1 radical (unpaired) electrons. The molecule has 0 saturated heterocycles. The van der Waals surface area contributed by atoms with E-state index in [9.17, 15) is 5.11 Å². The molecule has 1 heterocycles. The van der Waals surface area contributed by atoms with Crippen LogP contribution in [0.15, 0.2) is 54.6 Å². The molecule has 0 unspecified atom stereocenters. The van der Waals surface area contributed by atoms with E-state index >= 15 is 0 Å². The lowest BCUT2D eigenvalue weighted by Gasteiger charge is -2.19. The van der Waals surface area contributed by atoms with E-state index in [1.54, 1.807) is 19.1 Å². The van der Waals surface area contributed by atoms with Gasteiger partial charge in [-0.2, -0.15) is 0 Å². The summed E-state index contributed by atoms with van der Waals surface area (Å²) in [5.41, 5.74) is 4.24. The van der Waals surface area contributed by atoms with Crippen LogP contribution in [0.4, 0.5) is 0 Å². The smallest absolute Gasteiger partial charge is 0.181 e. The van der Waals surface area contributed by atoms with E-state index in [0.29, 0.717) is 24.5 Å². The molecular weight excluding hydrogens is 374 g/mol. The number of nitrogens with zero attached hydrogens (tertiary/aromatic N) is 1. The summed E-state index contributed by atoms with van der Waals surface area (Å²) in [4.78, 5) is 4.79. The Morgan fingerprint density at radius 3 is 2.57 bits per heavy atom. The maximum Gasteiger partial charge on any atom is 0.181 e. The molecule has 28 heavy (non-hydrogen) atoms. The van der Waals surface area contributed by atoms with Crippen LogP contribution in [0.1, 0.15) is 29.8 Å². The molecule has 4 nitrogen and oxygen atoms in total. The Kier molecular flexibility index (Phi) is 6.55. The van der Waals surface area contributed by atoms with E-state index in [1.807, 2.05) is 50.2 Å². The first kappa shape index (κ1) is 20.2. The Morgan fingerprint density at radius 1 is 1.04 bits per heavy atom. The van der Waals surface area contributed by atoms with Crippen LogP contribution in [-0.2, 0) is 9.84 Å². The number of aromatic nitrogens is 1. The van der Waals surface area contributed by atoms with Crippen molar-refractivity contribution in [2.75, 3.05) is 13.2 Å². The highest BCUT2D eigenvalue weighted by atomic mass is 35.5. The van der Waals surface area contributed by atoms with Crippen LogP contribution < -0.4 is 4.74 Å². The number of hydrogen-bond acceptors (Lipinski definition) is 3. The first-order valence-corrected chi connectivity index (χ1v) is 9.61. The quantitative estimate of drug-likeness (QED) is 0.469. The third-order valence-corrected chi connectivity index (χ3v) is 4.88. The highest BCUT2D eigenvalue weighted by Crippen LogP contribution is 2.29. The zero-order valence-electron chi connectivity index (χ0n) is 16.2. The fraction of sp³-hybridized carbons (Fsp3) is 0.261. The molecule has 0 bridgehead atoms. The zero-order valence-corrected chi connectivity index (χ0v) is 17.0. The van der Waals surface area contributed by atoms with Gasteiger partial charge in [-0.1, -0.05) is 23.7 Å². The summed E-state index contributed by atoms with van der Waals surface area (Å²) in [6.07, 6.45) is -0.384. The summed E-state index contributed by atoms with van der Waals surface area (Å²) in [6, 6.07) is 16.6. The third-order valence-electron chi connectivity index (χ3n) is 4.45. The number of hydrogen-bond donors (Lipinski definition) is 0. The van der Waals surface area contributed by atoms with Crippen molar-refractivity contribution in [3.05, 3.63) is 76.4 Å². The van der Waals surface area contributed by atoms with Crippen LogP contribution in [0.3, 0.4) is 0 Å². The van der Waals surface area contributed by atoms with Crippen molar-refractivity contribution in [2.24, 2.45) is 0 Å². The van der Waals surface area contributed by atoms with Crippen molar-refractivity contribution < 1.29 is 14.6 Å². The van der Waals surface area contributed by atoms with Gasteiger partial charge in [-0.05, 0) is 68.8 Å². The van der Waals surface area contributed by atoms with Gasteiger partial charge >= 0.3 is 0 Å². The van der Waals surface area contributed by atoms with Crippen LogP contribution in [-0.4, -0.2) is 18.2 Å². The van der Waals surface area contributed by atoms with Gasteiger partial charge in [0, 0.05) is 22.8 Å². The second-order valence-corrected chi connectivity index (χ2v) is 7.01. The lowest BCUT2D eigenvalue weighted by molar-refractivity contribution is 0.0540. The van der Waals surface area contributed by atoms with E-state index in [4.69, 9.17) is 26.1 Å². The SMILES string of the molecule is CCOC[C@H](Oc1ccc([O])c(C)c1)c1cccc(-c2ccc(Cl)c(C)c2)n1. The van der Waals surface area contributed by atoms with Gasteiger partial charge in [0.2, 0.25) is 0 Å². The van der Waals surface area contributed by atoms with Crippen LogP contribution in [0.5, 0.6) is 11.5 Å². The molecule has 3 rings (SSSR count). The van der Waals surface area contributed by atoms with Crippen molar-refractivity contribution in [2.45, 2.75) is 26.9 Å². The summed E-state index contributed by atoms with van der Waals surface area (Å²) in [5, 5.41) is 12.4. The second-order valence-electron chi connectivity index (χ2n) is 6.60. The van der Waals surface area contributed by atoms with Crippen molar-refractivity contribution in [3.63, 3.8) is 0 Å². The minimum atomic E-state index is -0.384. The van der Waals surface area contributed by atoms with Gasteiger partial charge in [0.1, 0.15) is 5.75 Å². The standard InChI is InChI=1S/C23H23ClNO3/c1-4-27-14-23(28-18-9-11-22(26)16(3)13-18)21-7-5-6-20(25-21)17-8-10-19(24)15(2)12-17/h5-13,23H,4,14H2,1-3H3/t23-/m0/s1. The summed E-state index contributed by atoms with van der Waals surface area (Å²) in [7, 11) is 0. The van der Waals surface area contributed by atoms with Gasteiger partial charge in [-0.3, -0.25) is 5.11 Å². The van der Waals surface area contributed by atoms with E-state index in [2.05, 4.69) is 0 Å². The summed E-state index contributed by atoms with van der Waals surface area (Å²) < 4.78 is 11.7. The van der Waals surface area contributed by atoms with Gasteiger partial charge in [-0.15, -0.1) is 0 Å². The summed E-state index contributed by atoms with van der Waals surface area (Å²) >= 11 is 6.14. The minimum Gasteiger partial charge on any atom is -0.482 e. The van der Waals surface area contributed by atoms with Crippen molar-refractivity contribution in [1.82, 2.24) is 4.98 Å². The van der Waals surface area contributed by atoms with E-state index in [-0.39, 0.29) is 11.9 Å². The zero-order chi connectivity index (χ0) is 20.1. The predicted octanol–water partition coefficient (Wildman–Crippen LogP) is 6.32. The molecule has 145 valence electrons. The number of benzene rings is 2. The molecule has 0 saturated carbocycles. The fourth-order valence-electron chi connectivity index (χ4n) is 2.86. The number of aryl methyl sites for hydroxylation is 2. The Labute approximate surface area is 170 Å². The van der Waals surface area contributed by atoms with Crippen LogP contribution in [0.25, 0.3) is 11.3 Å². The van der Waals surface area contributed by atoms with Gasteiger partial charge in [0.05, 0.1) is 18.0 Å². The molecule has 1 atom stereocenters. The van der Waals surface area contributed by atoms with Gasteiger partial charge < -0.3 is 9.47 Å². The molecule has 0 amide bonds. The topological polar surface area (TPSA) is 51.2 Å². The Balaban J connectivity index is 1.91. The molecule has 0 N–H and O–H groups in total. The molecule has 0 aliphatic rings. The molecule has 2 aromatic carbocycles. The number of ether oxygens (including phenoxy) is 2. The summed E-state index contributed by atoms with van der Waals surface area (Å²) in [5.74, 6) is 0.614. The minimum absolute atomic E-state index is 0.00746. The average Bonchev–Trinajstić information content (AvgIpc) is 2.70. The average molecular weight is 397 g/mol. The molecule has 0 aliphatic carbocycles. The van der Waals surface area contributed by atoms with E-state index in [0.717, 1.165) is 27.5 Å². The van der Waals surface area contributed by atoms with Gasteiger partial charge in [0.15, 0.2) is 11.9 Å². The van der Waals surface area contributed by atoms with Gasteiger partial charge in [-0.25, -0.2) is 4.98 Å². The molecule has 1 aromatic heterocycles. The molecule has 5 heteroatoms. The molecule has 0 fully saturated rings. The first-order valence-electron chi connectivity index (χ1n) is 9.23. The Hall–Kier alpha value is -2.56. The highest BCUT2D eigenvalue weighted by molar-refractivity contribution is 6.31. The lowest BCUT2D eigenvalue weighted by atomic mass is 10.1. The van der Waals surface area contributed by atoms with Crippen molar-refractivity contribution in [1.29, 1.82) is 0 Å². The van der Waals surface area contributed by atoms with Crippen molar-refractivity contribution in [3.8, 4) is 22.8 Å². The maximum absolute atomic E-state index is 11.6. The number of rotatable bonds is 7. The van der Waals surface area contributed by atoms with Crippen LogP contribution in [0.2, 0.25) is 5.02 Å². The molecule has 0 aliphatic heterocycles. The van der Waals surface area contributed by atoms with Gasteiger partial charge in [0.25, 0.3) is 0 Å². The van der Waals surface area contributed by atoms with E-state index < -0.39 is 0 Å². The highest BCUT2D eigenvalue weighted by Gasteiger charge is 2.17. The predicted molar refractivity (Wildman–Crippen MR) is 111 cm³/mol. The number of pyridine rings is 1. The lowest BCUT2D eigenvalue weighted by Crippen LogP contribution is -2.16. The first-order chi connectivity index (χ1) is 13.5.